The molecule has 46 heavy (non-hydrogen) atoms. The van der Waals surface area contributed by atoms with Gasteiger partial charge in [-0.1, -0.05) is 168 Å². The smallest absolute Gasteiger partial charge is 0.393 e. The number of aliphatic hydroxyl groups is 2. The third-order valence-electron chi connectivity index (χ3n) is 8.77. The Bertz CT molecular complexity index is 716. The summed E-state index contributed by atoms with van der Waals surface area (Å²) in [5.74, 6) is -0.414. The van der Waals surface area contributed by atoms with Crippen molar-refractivity contribution in [1.29, 1.82) is 0 Å². The second kappa shape index (κ2) is 33.0. The first-order valence-electron chi connectivity index (χ1n) is 19.2. The minimum atomic E-state index is -4.36. The molecule has 0 aromatic carbocycles. The van der Waals surface area contributed by atoms with Crippen LogP contribution in [0.4, 0.5) is 0 Å². The molecule has 0 aromatic heterocycles. The molecule has 0 aliphatic heterocycles. The van der Waals surface area contributed by atoms with E-state index in [0.29, 0.717) is 12.8 Å². The number of carbonyl (C=O) groups excluding carboxylic acids is 1. The highest BCUT2D eigenvalue weighted by Crippen LogP contribution is 2.43. The quantitative estimate of drug-likeness (QED) is 0.0326. The molecule has 0 saturated heterocycles. The van der Waals surface area contributed by atoms with E-state index in [-0.39, 0.29) is 26.2 Å². The lowest BCUT2D eigenvalue weighted by Crippen LogP contribution is -2.47. The molecule has 0 aliphatic carbocycles. The molecule has 0 rings (SSSR count). The predicted molar refractivity (Wildman–Crippen MR) is 191 cm³/mol. The van der Waals surface area contributed by atoms with Crippen LogP contribution in [0.25, 0.3) is 0 Å². The third kappa shape index (κ3) is 30.8. The minimum Gasteiger partial charge on any atom is -0.393 e. The zero-order valence-corrected chi connectivity index (χ0v) is 30.8. The highest BCUT2D eigenvalue weighted by molar-refractivity contribution is 7.47. The fourth-order valence-electron chi connectivity index (χ4n) is 5.83. The summed E-state index contributed by atoms with van der Waals surface area (Å²) in [4.78, 5) is 22.6. The van der Waals surface area contributed by atoms with E-state index in [0.717, 1.165) is 38.5 Å². The molecule has 0 bridgehead atoms. The van der Waals surface area contributed by atoms with Gasteiger partial charge in [-0.25, -0.2) is 4.57 Å². The van der Waals surface area contributed by atoms with Crippen LogP contribution in [0.1, 0.15) is 187 Å². The van der Waals surface area contributed by atoms with Gasteiger partial charge in [0.15, 0.2) is 0 Å². The number of amides is 1. The summed E-state index contributed by atoms with van der Waals surface area (Å²) in [5.41, 5.74) is 5.35. The number of hydrogen-bond donors (Lipinski definition) is 5. The molecular formula is C36H75N2O7P. The van der Waals surface area contributed by atoms with E-state index in [1.165, 1.54) is 116 Å². The van der Waals surface area contributed by atoms with Crippen LogP contribution in [0.15, 0.2) is 0 Å². The van der Waals surface area contributed by atoms with Gasteiger partial charge < -0.3 is 26.2 Å². The lowest BCUT2D eigenvalue weighted by molar-refractivity contribution is -0.125. The number of nitrogens with one attached hydrogen (secondary N) is 1. The van der Waals surface area contributed by atoms with Crippen molar-refractivity contribution in [2.45, 2.75) is 205 Å². The van der Waals surface area contributed by atoms with E-state index in [9.17, 15) is 24.5 Å². The number of carbonyl (C=O) groups is 1. The Kier molecular flexibility index (Phi) is 32.6. The van der Waals surface area contributed by atoms with Crippen LogP contribution in [0, 0.1) is 0 Å². The molecule has 0 fully saturated rings. The Morgan fingerprint density at radius 1 is 0.652 bits per heavy atom. The summed E-state index contributed by atoms with van der Waals surface area (Å²) in [6.07, 6.45) is 28.6. The van der Waals surface area contributed by atoms with Crippen LogP contribution in [-0.4, -0.2) is 59.0 Å². The van der Waals surface area contributed by atoms with Gasteiger partial charge >= 0.3 is 7.82 Å². The Morgan fingerprint density at radius 3 is 1.46 bits per heavy atom. The first-order valence-corrected chi connectivity index (χ1v) is 20.7. The zero-order valence-electron chi connectivity index (χ0n) is 29.9. The van der Waals surface area contributed by atoms with Gasteiger partial charge in [-0.2, -0.15) is 0 Å². The minimum absolute atomic E-state index is 0.0622. The molecule has 276 valence electrons. The van der Waals surface area contributed by atoms with Crippen LogP contribution >= 0.6 is 7.82 Å². The van der Waals surface area contributed by atoms with Crippen molar-refractivity contribution in [3.05, 3.63) is 0 Å². The molecule has 6 N–H and O–H groups in total. The first kappa shape index (κ1) is 45.5. The fraction of sp³-hybridized carbons (Fsp3) is 0.972. The summed E-state index contributed by atoms with van der Waals surface area (Å²) in [5, 5.41) is 24.0. The average Bonchev–Trinajstić information content (AvgIpc) is 3.03. The lowest BCUT2D eigenvalue weighted by atomic mass is 10.0. The summed E-state index contributed by atoms with van der Waals surface area (Å²) >= 11 is 0. The molecule has 4 atom stereocenters. The second-order valence-electron chi connectivity index (χ2n) is 13.3. The van der Waals surface area contributed by atoms with E-state index in [4.69, 9.17) is 14.8 Å². The van der Waals surface area contributed by atoms with E-state index < -0.39 is 32.0 Å². The van der Waals surface area contributed by atoms with Gasteiger partial charge in [0.05, 0.1) is 37.9 Å². The Balaban J connectivity index is 4.34. The first-order chi connectivity index (χ1) is 22.3. The molecule has 0 radical (unpaired) electrons. The molecular weight excluding hydrogens is 603 g/mol. The van der Waals surface area contributed by atoms with Gasteiger partial charge in [0.1, 0.15) is 0 Å². The van der Waals surface area contributed by atoms with Crippen LogP contribution in [0.2, 0.25) is 0 Å². The maximum Gasteiger partial charge on any atom is 0.472 e. The van der Waals surface area contributed by atoms with Crippen molar-refractivity contribution < 1.29 is 33.5 Å². The Hall–Kier alpha value is -0.540. The van der Waals surface area contributed by atoms with Gasteiger partial charge in [0.2, 0.25) is 5.91 Å². The van der Waals surface area contributed by atoms with Gasteiger partial charge in [0, 0.05) is 6.54 Å². The van der Waals surface area contributed by atoms with Crippen LogP contribution in [0.5, 0.6) is 0 Å². The van der Waals surface area contributed by atoms with Gasteiger partial charge in [-0.05, 0) is 12.8 Å². The van der Waals surface area contributed by atoms with E-state index >= 15 is 0 Å². The molecule has 0 aromatic rings. The topological polar surface area (TPSA) is 151 Å². The van der Waals surface area contributed by atoms with E-state index in [2.05, 4.69) is 19.2 Å². The summed E-state index contributed by atoms with van der Waals surface area (Å²) in [6, 6.07) is -0.888. The van der Waals surface area contributed by atoms with Gasteiger partial charge in [-0.3, -0.25) is 13.8 Å². The molecule has 1 amide bonds. The molecule has 10 heteroatoms. The summed E-state index contributed by atoms with van der Waals surface area (Å²) in [6.45, 7) is 4.02. The number of aliphatic hydroxyl groups excluding tert-OH is 2. The molecule has 9 nitrogen and oxygen atoms in total. The maximum absolute atomic E-state index is 12.7. The van der Waals surface area contributed by atoms with Crippen molar-refractivity contribution in [2.24, 2.45) is 5.73 Å². The van der Waals surface area contributed by atoms with Crippen molar-refractivity contribution in [2.75, 3.05) is 19.8 Å². The highest BCUT2D eigenvalue weighted by atomic mass is 31.2. The van der Waals surface area contributed by atoms with Gasteiger partial charge in [0.25, 0.3) is 0 Å². The van der Waals surface area contributed by atoms with Crippen molar-refractivity contribution in [1.82, 2.24) is 5.32 Å². The van der Waals surface area contributed by atoms with Gasteiger partial charge in [-0.15, -0.1) is 0 Å². The standard InChI is InChI=1S/C36H75N2O7P/c1-3-5-7-9-11-13-14-15-16-17-18-20-22-24-26-28-35(40)34(32-45-46(42,43)44-30-29-37)38-36(41)31-33(39)27-25-23-21-19-12-10-8-6-4-2/h33-35,39-40H,3-32,37H2,1-2H3,(H,38,41)(H,42,43). The zero-order chi connectivity index (χ0) is 34.1. The van der Waals surface area contributed by atoms with Crippen LogP contribution in [-0.2, 0) is 18.4 Å². The maximum atomic E-state index is 12.7. The van der Waals surface area contributed by atoms with Crippen molar-refractivity contribution in [3.8, 4) is 0 Å². The van der Waals surface area contributed by atoms with E-state index in [1.54, 1.807) is 0 Å². The lowest BCUT2D eigenvalue weighted by Gasteiger charge is -2.25. The fourth-order valence-corrected chi connectivity index (χ4v) is 6.59. The number of nitrogens with two attached hydrogens (primary N) is 1. The Morgan fingerprint density at radius 2 is 1.04 bits per heavy atom. The molecule has 0 heterocycles. The molecule has 0 aliphatic rings. The van der Waals surface area contributed by atoms with E-state index in [1.807, 2.05) is 0 Å². The highest BCUT2D eigenvalue weighted by Gasteiger charge is 2.28. The molecule has 0 spiro atoms. The number of hydrogen-bond acceptors (Lipinski definition) is 7. The van der Waals surface area contributed by atoms with Crippen molar-refractivity contribution >= 4 is 13.7 Å². The predicted octanol–water partition coefficient (Wildman–Crippen LogP) is 8.86. The van der Waals surface area contributed by atoms with Crippen LogP contribution < -0.4 is 11.1 Å². The SMILES string of the molecule is CCCCCCCCCCCCCCCCCC(O)C(COP(=O)(O)OCCN)NC(=O)CC(O)CCCCCCCCCCC. The number of rotatable bonds is 36. The Labute approximate surface area is 283 Å². The number of phosphoric acid groups is 1. The third-order valence-corrected chi connectivity index (χ3v) is 9.75. The summed E-state index contributed by atoms with van der Waals surface area (Å²) < 4.78 is 22.0. The number of unbranched alkanes of at least 4 members (excludes halogenated alkanes) is 22. The van der Waals surface area contributed by atoms with Crippen LogP contribution in [0.3, 0.4) is 0 Å². The second-order valence-corrected chi connectivity index (χ2v) is 14.8. The monoisotopic (exact) mass is 679 g/mol. The largest absolute Gasteiger partial charge is 0.472 e. The normalized spacial score (nSPS) is 15.0. The average molecular weight is 679 g/mol. The molecule has 4 unspecified atom stereocenters. The number of phosphoric ester groups is 1. The van der Waals surface area contributed by atoms with Crippen molar-refractivity contribution in [3.63, 3.8) is 0 Å². The summed E-state index contributed by atoms with van der Waals surface area (Å²) in [7, 11) is -4.36. The molecule has 0 saturated carbocycles.